The summed E-state index contributed by atoms with van der Waals surface area (Å²) in [6, 6.07) is 3.00. The maximum atomic E-state index is 13.4. The number of benzene rings is 1. The van der Waals surface area contributed by atoms with E-state index in [1.165, 1.54) is 43.5 Å². The first-order valence-electron chi connectivity index (χ1n) is 8.38. The van der Waals surface area contributed by atoms with Gasteiger partial charge in [0, 0.05) is 58.5 Å². The number of amides is 1. The molecule has 2 fully saturated rings. The Morgan fingerprint density at radius 2 is 1.74 bits per heavy atom. The van der Waals surface area contributed by atoms with Crippen LogP contribution in [0.15, 0.2) is 12.1 Å². The monoisotopic (exact) mass is 411 g/mol. The zero-order valence-electron chi connectivity index (χ0n) is 14.4. The third-order valence-corrected chi connectivity index (χ3v) is 11.8. The first-order valence-corrected chi connectivity index (χ1v) is 10.7. The van der Waals surface area contributed by atoms with Gasteiger partial charge in [-0.1, -0.05) is 0 Å². The Kier molecular flexibility index (Phi) is 6.08. The molecule has 0 atom stereocenters. The minimum atomic E-state index is -1.14. The summed E-state index contributed by atoms with van der Waals surface area (Å²) in [6.07, 6.45) is 8.48. The Morgan fingerprint density at radius 3 is 2.17 bits per heavy atom. The van der Waals surface area contributed by atoms with E-state index in [2.05, 4.69) is 12.2 Å². The van der Waals surface area contributed by atoms with Gasteiger partial charge in [0.05, 0.1) is 18.5 Å². The van der Waals surface area contributed by atoms with Gasteiger partial charge in [-0.3, -0.25) is 4.79 Å². The Hall–Kier alpha value is 0.154. The van der Waals surface area contributed by atoms with Crippen LogP contribution >= 0.6 is 7.26 Å². The van der Waals surface area contributed by atoms with Crippen LogP contribution in [-0.4, -0.2) is 29.5 Å². The normalized spacial score (nSPS) is 20.7. The zero-order chi connectivity index (χ0) is 16.0. The minimum absolute atomic E-state index is 0. The van der Waals surface area contributed by atoms with E-state index in [0.29, 0.717) is 0 Å². The number of carbonyl (C=O) groups is 1. The van der Waals surface area contributed by atoms with Gasteiger partial charge < -0.3 is 5.32 Å². The maximum Gasteiger partial charge on any atom is 0.268 e. The molecule has 1 amide bonds. The van der Waals surface area contributed by atoms with E-state index >= 15 is 0 Å². The van der Waals surface area contributed by atoms with Gasteiger partial charge in [0.25, 0.3) is 5.91 Å². The van der Waals surface area contributed by atoms with E-state index in [9.17, 15) is 9.18 Å². The summed E-state index contributed by atoms with van der Waals surface area (Å²) in [7, 11) is -1.14. The van der Waals surface area contributed by atoms with Crippen LogP contribution in [-0.2, 0) is 37.5 Å². The van der Waals surface area contributed by atoms with Crippen LogP contribution < -0.4 is 5.32 Å². The van der Waals surface area contributed by atoms with Crippen LogP contribution in [0.4, 0.5) is 10.1 Å². The van der Waals surface area contributed by atoms with E-state index in [1.807, 2.05) is 13.8 Å². The van der Waals surface area contributed by atoms with Crippen LogP contribution in [0.5, 0.6) is 0 Å². The number of halogens is 1. The van der Waals surface area contributed by atoms with Gasteiger partial charge in [-0.25, -0.2) is 4.39 Å². The molecule has 1 heterocycles. The summed E-state index contributed by atoms with van der Waals surface area (Å²) in [4.78, 5) is 13.1. The van der Waals surface area contributed by atoms with Crippen molar-refractivity contribution in [1.29, 1.82) is 0 Å². The molecule has 5 heteroatoms. The summed E-state index contributed by atoms with van der Waals surface area (Å²) in [5.74, 6) is -0.0233. The van der Waals surface area contributed by atoms with Gasteiger partial charge in [-0.15, -0.1) is 0 Å². The Bertz CT molecular complexity index is 586. The molecule has 1 saturated heterocycles. The van der Waals surface area contributed by atoms with Gasteiger partial charge >= 0.3 is 0 Å². The molecule has 0 bridgehead atoms. The van der Waals surface area contributed by atoms with Crippen LogP contribution in [0.1, 0.15) is 43.7 Å². The summed E-state index contributed by atoms with van der Waals surface area (Å²) >= 11 is 0. The summed E-state index contributed by atoms with van der Waals surface area (Å²) in [5, 5.41) is 3.10. The van der Waals surface area contributed by atoms with Crippen molar-refractivity contribution in [2.24, 2.45) is 0 Å². The third-order valence-electron chi connectivity index (χ3n) is 5.82. The number of anilines is 1. The first kappa shape index (κ1) is 19.5. The molecule has 0 aromatic heterocycles. The molecule has 2 nitrogen and oxygen atoms in total. The molecule has 1 aromatic rings. The van der Waals surface area contributed by atoms with Crippen molar-refractivity contribution in [3.05, 3.63) is 29.1 Å². The molecule has 3 rings (SSSR count). The van der Waals surface area contributed by atoms with E-state index in [-0.39, 0.29) is 49.6 Å². The predicted molar refractivity (Wildman–Crippen MR) is 92.9 cm³/mol. The molecule has 0 spiro atoms. The average Bonchev–Trinajstić information content (AvgIpc) is 3.15. The fourth-order valence-electron chi connectivity index (χ4n) is 4.36. The standard InChI is InChI=1S/C18H25FNOP.Y/c1-4-22(9-5-6-10-22)18(7-8-18)17(21)20-16-13(2)11-15(19)12-14(16)3;/h11-12H,4-10H2,1-3H3;/p+1. The quantitative estimate of drug-likeness (QED) is 0.713. The van der Waals surface area contributed by atoms with E-state index in [1.54, 1.807) is 0 Å². The average molecular weight is 411 g/mol. The number of carbonyl (C=O) groups excluding carboxylic acids is 1. The number of nitrogens with one attached hydrogen (secondary N) is 1. The van der Waals surface area contributed by atoms with Gasteiger partial charge in [0.15, 0.2) is 5.16 Å². The molecule has 2 aliphatic rings. The van der Waals surface area contributed by atoms with Crippen LogP contribution in [0.2, 0.25) is 0 Å². The first-order chi connectivity index (χ1) is 10.4. The van der Waals surface area contributed by atoms with E-state index in [0.717, 1.165) is 29.7 Å². The predicted octanol–water partition coefficient (Wildman–Crippen LogP) is 4.74. The van der Waals surface area contributed by atoms with Crippen molar-refractivity contribution in [2.75, 3.05) is 23.8 Å². The summed E-state index contributed by atoms with van der Waals surface area (Å²) in [5.41, 5.74) is 2.44. The minimum Gasteiger partial charge on any atom is -0.322 e. The molecule has 1 N–H and O–H groups in total. The SMILES string of the molecule is CC[P+]1(C2(C(=O)Nc3c(C)cc(F)cc3C)CC2)CCCC1.[Y]. The second kappa shape index (κ2) is 7.18. The fraction of sp³-hybridized carbons (Fsp3) is 0.611. The van der Waals surface area contributed by atoms with Gasteiger partial charge in [-0.05, 0) is 56.9 Å². The molecular formula is C18H26FNOPY+. The smallest absolute Gasteiger partial charge is 0.268 e. The molecule has 1 aliphatic carbocycles. The second-order valence-corrected chi connectivity index (χ2v) is 11.7. The Balaban J connectivity index is 0.00000192. The van der Waals surface area contributed by atoms with Gasteiger partial charge in [0.1, 0.15) is 5.82 Å². The fourth-order valence-corrected chi connectivity index (χ4v) is 9.88. The third kappa shape index (κ3) is 3.31. The van der Waals surface area contributed by atoms with Crippen molar-refractivity contribution in [3.63, 3.8) is 0 Å². The number of hydrogen-bond acceptors (Lipinski definition) is 1. The number of rotatable bonds is 4. The topological polar surface area (TPSA) is 29.1 Å². The van der Waals surface area contributed by atoms with E-state index < -0.39 is 7.26 Å². The van der Waals surface area contributed by atoms with Crippen molar-refractivity contribution in [3.8, 4) is 0 Å². The van der Waals surface area contributed by atoms with Crippen LogP contribution in [0.25, 0.3) is 0 Å². The molecule has 123 valence electrons. The number of hydrogen-bond donors (Lipinski definition) is 1. The van der Waals surface area contributed by atoms with Gasteiger partial charge in [0.2, 0.25) is 0 Å². The van der Waals surface area contributed by atoms with Crippen molar-refractivity contribution >= 4 is 18.9 Å². The molecular weight excluding hydrogens is 385 g/mol. The molecule has 1 saturated carbocycles. The van der Waals surface area contributed by atoms with Gasteiger partial charge in [-0.2, -0.15) is 0 Å². The van der Waals surface area contributed by atoms with Crippen molar-refractivity contribution in [2.45, 2.75) is 51.6 Å². The summed E-state index contributed by atoms with van der Waals surface area (Å²) < 4.78 is 13.4. The molecule has 1 aliphatic heterocycles. The Morgan fingerprint density at radius 1 is 1.22 bits per heavy atom. The zero-order valence-corrected chi connectivity index (χ0v) is 18.1. The Labute approximate surface area is 164 Å². The molecule has 1 radical (unpaired) electrons. The second-order valence-electron chi connectivity index (χ2n) is 7.02. The maximum absolute atomic E-state index is 13.4. The molecule has 0 unspecified atom stereocenters. The summed E-state index contributed by atoms with van der Waals surface area (Å²) in [6.45, 7) is 6.01. The molecule has 1 aromatic carbocycles. The van der Waals surface area contributed by atoms with Crippen molar-refractivity contribution < 1.29 is 41.9 Å². The van der Waals surface area contributed by atoms with E-state index in [4.69, 9.17) is 0 Å². The van der Waals surface area contributed by atoms with Crippen LogP contribution in [0.3, 0.4) is 0 Å². The molecule has 23 heavy (non-hydrogen) atoms. The number of aryl methyl sites for hydroxylation is 2. The largest absolute Gasteiger partial charge is 0.322 e. The van der Waals surface area contributed by atoms with Crippen molar-refractivity contribution in [1.82, 2.24) is 0 Å². The van der Waals surface area contributed by atoms with Crippen LogP contribution in [0, 0.1) is 19.7 Å².